The van der Waals surface area contributed by atoms with Crippen molar-refractivity contribution in [3.05, 3.63) is 35.9 Å². The molecule has 0 bridgehead atoms. The van der Waals surface area contributed by atoms with E-state index in [1.165, 1.54) is 11.6 Å². The molecule has 0 aliphatic carbocycles. The SMILES string of the molecule is O=C(OCc1ccccc1)N1CCCC(C[AsH2])C1. The Balaban J connectivity index is 1.81. The van der Waals surface area contributed by atoms with Gasteiger partial charge in [0.2, 0.25) is 0 Å². The molecule has 1 heterocycles. The number of likely N-dealkylation sites (tertiary alicyclic amines) is 1. The molecule has 3 nitrogen and oxygen atoms in total. The number of nitrogens with zero attached hydrogens (tertiary/aromatic N) is 1. The predicted molar refractivity (Wildman–Crippen MR) is 74.3 cm³/mol. The molecule has 1 aromatic carbocycles. The number of benzene rings is 1. The van der Waals surface area contributed by atoms with Gasteiger partial charge in [0.05, 0.1) is 0 Å². The van der Waals surface area contributed by atoms with E-state index in [9.17, 15) is 4.79 Å². The van der Waals surface area contributed by atoms with Crippen LogP contribution in [0.4, 0.5) is 4.79 Å². The summed E-state index contributed by atoms with van der Waals surface area (Å²) in [5, 5.41) is 1.20. The Hall–Kier alpha value is -0.952. The van der Waals surface area contributed by atoms with Crippen LogP contribution in [0.2, 0.25) is 5.21 Å². The number of carbonyl (C=O) groups excluding carboxylic acids is 1. The molecule has 2 atom stereocenters. The third kappa shape index (κ3) is 3.78. The van der Waals surface area contributed by atoms with E-state index in [1.807, 2.05) is 35.2 Å². The number of amides is 1. The number of rotatable bonds is 3. The van der Waals surface area contributed by atoms with Crippen LogP contribution < -0.4 is 0 Å². The number of carbonyl (C=O) groups is 1. The fraction of sp³-hybridized carbons (Fsp3) is 0.500. The van der Waals surface area contributed by atoms with E-state index in [0.717, 1.165) is 25.1 Å². The van der Waals surface area contributed by atoms with Crippen LogP contribution in [0.3, 0.4) is 0 Å². The van der Waals surface area contributed by atoms with Crippen molar-refractivity contribution in [1.29, 1.82) is 0 Å². The molecule has 0 spiro atoms. The van der Waals surface area contributed by atoms with E-state index in [1.54, 1.807) is 16.9 Å². The number of ether oxygens (including phenoxy) is 1. The van der Waals surface area contributed by atoms with Crippen molar-refractivity contribution in [3.8, 4) is 0 Å². The second-order valence-electron chi connectivity index (χ2n) is 4.73. The first-order valence-electron chi connectivity index (χ1n) is 6.45. The van der Waals surface area contributed by atoms with Crippen molar-refractivity contribution in [2.75, 3.05) is 13.1 Å². The van der Waals surface area contributed by atoms with E-state index >= 15 is 0 Å². The maximum atomic E-state index is 11.9. The Morgan fingerprint density at radius 1 is 1.39 bits per heavy atom. The normalized spacial score (nSPS) is 19.6. The van der Waals surface area contributed by atoms with Gasteiger partial charge in [-0.15, -0.1) is 0 Å². The third-order valence-corrected chi connectivity index (χ3v) is 4.71. The van der Waals surface area contributed by atoms with Crippen LogP contribution in [0.15, 0.2) is 30.3 Å². The Morgan fingerprint density at radius 2 is 2.17 bits per heavy atom. The summed E-state index contributed by atoms with van der Waals surface area (Å²) < 4.78 is 5.35. The fourth-order valence-corrected chi connectivity index (χ4v) is 3.04. The van der Waals surface area contributed by atoms with E-state index in [4.69, 9.17) is 4.74 Å². The minimum absolute atomic E-state index is 0.162. The number of hydrogen-bond donors (Lipinski definition) is 0. The third-order valence-electron chi connectivity index (χ3n) is 3.32. The van der Waals surface area contributed by atoms with Crippen molar-refractivity contribution in [3.63, 3.8) is 0 Å². The second-order valence-corrected chi connectivity index (χ2v) is 5.72. The van der Waals surface area contributed by atoms with Crippen molar-refractivity contribution in [2.45, 2.75) is 24.7 Å². The molecule has 1 aromatic rings. The zero-order chi connectivity index (χ0) is 12.8. The molecule has 1 fully saturated rings. The standard InChI is InChI=1S/C14H20AsNO2/c15-9-13-7-4-8-16(10-13)14(17)18-11-12-5-2-1-3-6-12/h1-3,5-6,13H,4,7-11,15H2. The summed E-state index contributed by atoms with van der Waals surface area (Å²) >= 11 is 1.75. The van der Waals surface area contributed by atoms with Crippen LogP contribution in [-0.2, 0) is 11.3 Å². The van der Waals surface area contributed by atoms with Gasteiger partial charge in [0.25, 0.3) is 0 Å². The molecule has 18 heavy (non-hydrogen) atoms. The van der Waals surface area contributed by atoms with Crippen molar-refractivity contribution in [2.24, 2.45) is 5.92 Å². The quantitative estimate of drug-likeness (QED) is 0.800. The van der Waals surface area contributed by atoms with Gasteiger partial charge in [0.15, 0.2) is 0 Å². The van der Waals surface area contributed by atoms with Gasteiger partial charge in [-0.2, -0.15) is 0 Å². The molecule has 1 aliphatic heterocycles. The van der Waals surface area contributed by atoms with Crippen LogP contribution in [0.5, 0.6) is 0 Å². The zero-order valence-corrected chi connectivity index (χ0v) is 13.0. The van der Waals surface area contributed by atoms with Crippen LogP contribution in [0, 0.1) is 5.92 Å². The van der Waals surface area contributed by atoms with Gasteiger partial charge in [-0.05, 0) is 0 Å². The Kier molecular flexibility index (Phi) is 5.12. The summed E-state index contributed by atoms with van der Waals surface area (Å²) in [5.74, 6) is 0.669. The van der Waals surface area contributed by atoms with E-state index in [-0.39, 0.29) is 6.09 Å². The summed E-state index contributed by atoms with van der Waals surface area (Å²) in [6.07, 6.45) is 2.19. The summed E-state index contributed by atoms with van der Waals surface area (Å²) in [6, 6.07) is 9.82. The Bertz CT molecular complexity index is 383. The molecule has 0 N–H and O–H groups in total. The average molecular weight is 309 g/mol. The average Bonchev–Trinajstić information content (AvgIpc) is 2.46. The second kappa shape index (κ2) is 6.84. The zero-order valence-electron chi connectivity index (χ0n) is 10.5. The van der Waals surface area contributed by atoms with Crippen molar-refractivity contribution in [1.82, 2.24) is 4.90 Å². The summed E-state index contributed by atoms with van der Waals surface area (Å²) in [4.78, 5) is 13.8. The van der Waals surface area contributed by atoms with Crippen molar-refractivity contribution < 1.29 is 9.53 Å². The van der Waals surface area contributed by atoms with Gasteiger partial charge >= 0.3 is 117 Å². The first-order chi connectivity index (χ1) is 8.79. The van der Waals surface area contributed by atoms with Gasteiger partial charge in [0.1, 0.15) is 0 Å². The van der Waals surface area contributed by atoms with E-state index in [0.29, 0.717) is 12.5 Å². The molecule has 1 aliphatic rings. The number of piperidine rings is 1. The Labute approximate surface area is 117 Å². The molecular weight excluding hydrogens is 289 g/mol. The monoisotopic (exact) mass is 309 g/mol. The molecule has 1 amide bonds. The van der Waals surface area contributed by atoms with Gasteiger partial charge in [-0.25, -0.2) is 0 Å². The maximum absolute atomic E-state index is 11.9. The van der Waals surface area contributed by atoms with Gasteiger partial charge in [0, 0.05) is 0 Å². The van der Waals surface area contributed by atoms with Crippen LogP contribution in [-0.4, -0.2) is 40.9 Å². The van der Waals surface area contributed by atoms with E-state index in [2.05, 4.69) is 0 Å². The van der Waals surface area contributed by atoms with Gasteiger partial charge < -0.3 is 0 Å². The molecular formula is C14H20AsNO2. The van der Waals surface area contributed by atoms with Crippen LogP contribution in [0.1, 0.15) is 18.4 Å². The molecule has 0 aromatic heterocycles. The first-order valence-corrected chi connectivity index (χ1v) is 8.16. The summed E-state index contributed by atoms with van der Waals surface area (Å²) in [7, 11) is 0. The predicted octanol–water partition coefficient (Wildman–Crippen LogP) is 2.09. The topological polar surface area (TPSA) is 29.5 Å². The molecule has 2 rings (SSSR count). The molecule has 2 unspecified atom stereocenters. The number of hydrogen-bond acceptors (Lipinski definition) is 2. The molecule has 1 saturated heterocycles. The first kappa shape index (κ1) is 13.5. The van der Waals surface area contributed by atoms with E-state index < -0.39 is 0 Å². The molecule has 4 heteroatoms. The summed E-state index contributed by atoms with van der Waals surface area (Å²) in [5.41, 5.74) is 1.04. The van der Waals surface area contributed by atoms with Crippen LogP contribution >= 0.6 is 0 Å². The molecule has 0 radical (unpaired) electrons. The van der Waals surface area contributed by atoms with Gasteiger partial charge in [-0.3, -0.25) is 0 Å². The minimum atomic E-state index is -0.162. The fourth-order valence-electron chi connectivity index (χ4n) is 2.23. The van der Waals surface area contributed by atoms with Crippen molar-refractivity contribution >= 4 is 22.9 Å². The molecule has 0 saturated carbocycles. The Morgan fingerprint density at radius 3 is 2.89 bits per heavy atom. The van der Waals surface area contributed by atoms with Crippen LogP contribution in [0.25, 0.3) is 0 Å². The molecule has 98 valence electrons. The van der Waals surface area contributed by atoms with Gasteiger partial charge in [-0.1, -0.05) is 0 Å². The summed E-state index contributed by atoms with van der Waals surface area (Å²) in [6.45, 7) is 2.08.